The van der Waals surface area contributed by atoms with Crippen molar-refractivity contribution in [1.82, 2.24) is 5.32 Å². The fourth-order valence-corrected chi connectivity index (χ4v) is 1.35. The van der Waals surface area contributed by atoms with Crippen molar-refractivity contribution in [2.75, 3.05) is 18.5 Å². The van der Waals surface area contributed by atoms with Crippen LogP contribution in [0, 0.1) is 11.3 Å². The van der Waals surface area contributed by atoms with Crippen LogP contribution < -0.4 is 10.6 Å². The molecular formula is C13H15N3O3. The Morgan fingerprint density at radius 1 is 1.42 bits per heavy atom. The predicted octanol–water partition coefficient (Wildman–Crippen LogP) is 1.63. The molecule has 1 aromatic carbocycles. The number of benzene rings is 1. The molecule has 1 aromatic rings. The number of hydrogen-bond donors (Lipinski definition) is 2. The van der Waals surface area contributed by atoms with Crippen LogP contribution in [0.15, 0.2) is 24.3 Å². The highest BCUT2D eigenvalue weighted by Crippen LogP contribution is 2.09. The van der Waals surface area contributed by atoms with E-state index in [9.17, 15) is 9.59 Å². The topological polar surface area (TPSA) is 91.2 Å². The molecule has 0 spiro atoms. The number of hydrogen-bond acceptors (Lipinski definition) is 4. The molecule has 6 nitrogen and oxygen atoms in total. The molecule has 2 amide bonds. The molecule has 0 aliphatic carbocycles. The van der Waals surface area contributed by atoms with E-state index in [0.717, 1.165) is 0 Å². The van der Waals surface area contributed by atoms with Crippen molar-refractivity contribution in [3.63, 3.8) is 0 Å². The number of anilines is 1. The summed E-state index contributed by atoms with van der Waals surface area (Å²) in [6.07, 6.45) is -0.406. The third-order valence-electron chi connectivity index (χ3n) is 2.17. The van der Waals surface area contributed by atoms with Gasteiger partial charge in [-0.2, -0.15) is 5.26 Å². The van der Waals surface area contributed by atoms with E-state index in [-0.39, 0.29) is 18.9 Å². The SMILES string of the molecule is CCOC(=O)NCCC(=O)Nc1cccc(C#N)c1. The highest BCUT2D eigenvalue weighted by molar-refractivity contribution is 5.91. The van der Waals surface area contributed by atoms with E-state index in [4.69, 9.17) is 5.26 Å². The van der Waals surface area contributed by atoms with Crippen LogP contribution in [0.1, 0.15) is 18.9 Å². The van der Waals surface area contributed by atoms with Crippen LogP contribution in [0.4, 0.5) is 10.5 Å². The average Bonchev–Trinajstić information content (AvgIpc) is 2.39. The quantitative estimate of drug-likeness (QED) is 0.842. The number of rotatable bonds is 5. The summed E-state index contributed by atoms with van der Waals surface area (Å²) in [6.45, 7) is 2.19. The second kappa shape index (κ2) is 7.71. The first-order valence-corrected chi connectivity index (χ1v) is 5.86. The summed E-state index contributed by atoms with van der Waals surface area (Å²) in [5.74, 6) is -0.244. The van der Waals surface area contributed by atoms with Gasteiger partial charge >= 0.3 is 6.09 Å². The Kier molecular flexibility index (Phi) is 5.89. The maximum absolute atomic E-state index is 11.6. The van der Waals surface area contributed by atoms with E-state index < -0.39 is 6.09 Å². The molecule has 0 aliphatic rings. The van der Waals surface area contributed by atoms with Gasteiger partial charge in [-0.1, -0.05) is 6.07 Å². The Bertz CT molecular complexity index is 494. The van der Waals surface area contributed by atoms with Crippen LogP contribution in [0.5, 0.6) is 0 Å². The zero-order valence-corrected chi connectivity index (χ0v) is 10.6. The minimum Gasteiger partial charge on any atom is -0.450 e. The molecule has 1 rings (SSSR count). The molecule has 0 saturated heterocycles. The van der Waals surface area contributed by atoms with Crippen LogP contribution >= 0.6 is 0 Å². The van der Waals surface area contributed by atoms with Crippen molar-refractivity contribution in [2.24, 2.45) is 0 Å². The standard InChI is InChI=1S/C13H15N3O3/c1-2-19-13(18)15-7-6-12(17)16-11-5-3-4-10(8-11)9-14/h3-5,8H,2,6-7H2,1H3,(H,15,18)(H,16,17). The molecule has 0 atom stereocenters. The van der Waals surface area contributed by atoms with Gasteiger partial charge in [0, 0.05) is 18.7 Å². The van der Waals surface area contributed by atoms with E-state index in [0.29, 0.717) is 17.9 Å². The normalized spacial score (nSPS) is 9.26. The molecule has 0 aromatic heterocycles. The number of nitrogens with one attached hydrogen (secondary N) is 2. The molecule has 0 radical (unpaired) electrons. The van der Waals surface area contributed by atoms with E-state index in [2.05, 4.69) is 15.4 Å². The molecule has 0 saturated carbocycles. The van der Waals surface area contributed by atoms with Crippen molar-refractivity contribution in [3.05, 3.63) is 29.8 Å². The average molecular weight is 261 g/mol. The fraction of sp³-hybridized carbons (Fsp3) is 0.308. The maximum atomic E-state index is 11.6. The summed E-state index contributed by atoms with van der Waals surface area (Å²) in [4.78, 5) is 22.5. The van der Waals surface area contributed by atoms with E-state index >= 15 is 0 Å². The zero-order valence-electron chi connectivity index (χ0n) is 10.6. The number of carbonyl (C=O) groups excluding carboxylic acids is 2. The number of amides is 2. The van der Waals surface area contributed by atoms with Gasteiger partial charge in [-0.3, -0.25) is 4.79 Å². The van der Waals surface area contributed by atoms with Crippen LogP contribution in [-0.4, -0.2) is 25.2 Å². The Labute approximate surface area is 111 Å². The smallest absolute Gasteiger partial charge is 0.407 e. The van der Waals surface area contributed by atoms with Gasteiger partial charge in [-0.05, 0) is 25.1 Å². The molecule has 0 heterocycles. The predicted molar refractivity (Wildman–Crippen MR) is 69.4 cm³/mol. The first-order valence-electron chi connectivity index (χ1n) is 5.86. The van der Waals surface area contributed by atoms with Crippen LogP contribution in [0.3, 0.4) is 0 Å². The lowest BCUT2D eigenvalue weighted by Crippen LogP contribution is -2.28. The van der Waals surface area contributed by atoms with Gasteiger partial charge in [-0.25, -0.2) is 4.79 Å². The van der Waals surface area contributed by atoms with Crippen LogP contribution in [-0.2, 0) is 9.53 Å². The van der Waals surface area contributed by atoms with Gasteiger partial charge in [0.1, 0.15) is 0 Å². The summed E-state index contributed by atoms with van der Waals surface area (Å²) in [5, 5.41) is 13.8. The van der Waals surface area contributed by atoms with Gasteiger partial charge in [0.05, 0.1) is 18.2 Å². The van der Waals surface area contributed by atoms with Crippen molar-refractivity contribution < 1.29 is 14.3 Å². The maximum Gasteiger partial charge on any atom is 0.407 e. The largest absolute Gasteiger partial charge is 0.450 e. The number of alkyl carbamates (subject to hydrolysis) is 1. The van der Waals surface area contributed by atoms with Gasteiger partial charge in [0.2, 0.25) is 5.91 Å². The third kappa shape index (κ3) is 5.55. The highest BCUT2D eigenvalue weighted by Gasteiger charge is 2.05. The highest BCUT2D eigenvalue weighted by atomic mass is 16.5. The van der Waals surface area contributed by atoms with Crippen molar-refractivity contribution in [3.8, 4) is 6.07 Å². The first-order chi connectivity index (χ1) is 9.15. The Morgan fingerprint density at radius 2 is 2.21 bits per heavy atom. The summed E-state index contributed by atoms with van der Waals surface area (Å²) in [6, 6.07) is 8.60. The number of ether oxygens (including phenoxy) is 1. The number of carbonyl (C=O) groups is 2. The summed E-state index contributed by atoms with van der Waals surface area (Å²) in [7, 11) is 0. The number of nitriles is 1. The third-order valence-corrected chi connectivity index (χ3v) is 2.17. The second-order valence-corrected chi connectivity index (χ2v) is 3.64. The molecule has 100 valence electrons. The minimum absolute atomic E-state index is 0.135. The molecule has 0 fully saturated rings. The lowest BCUT2D eigenvalue weighted by Gasteiger charge is -2.06. The Hall–Kier alpha value is -2.55. The first kappa shape index (κ1) is 14.5. The van der Waals surface area contributed by atoms with E-state index in [1.54, 1.807) is 31.2 Å². The molecule has 0 aliphatic heterocycles. The zero-order chi connectivity index (χ0) is 14.1. The lowest BCUT2D eigenvalue weighted by molar-refractivity contribution is -0.116. The molecule has 0 bridgehead atoms. The molecule has 2 N–H and O–H groups in total. The summed E-state index contributed by atoms with van der Waals surface area (Å²) in [5.41, 5.74) is 1.03. The van der Waals surface area contributed by atoms with E-state index in [1.165, 1.54) is 0 Å². The fourth-order valence-electron chi connectivity index (χ4n) is 1.35. The van der Waals surface area contributed by atoms with Crippen molar-refractivity contribution in [2.45, 2.75) is 13.3 Å². The summed E-state index contributed by atoms with van der Waals surface area (Å²) >= 11 is 0. The van der Waals surface area contributed by atoms with Gasteiger partial charge in [0.25, 0.3) is 0 Å². The van der Waals surface area contributed by atoms with Crippen LogP contribution in [0.25, 0.3) is 0 Å². The Balaban J connectivity index is 2.35. The van der Waals surface area contributed by atoms with Gasteiger partial charge in [0.15, 0.2) is 0 Å². The lowest BCUT2D eigenvalue weighted by atomic mass is 10.2. The van der Waals surface area contributed by atoms with E-state index in [1.807, 2.05) is 6.07 Å². The Morgan fingerprint density at radius 3 is 2.89 bits per heavy atom. The molecule has 6 heteroatoms. The minimum atomic E-state index is -0.540. The summed E-state index contributed by atoms with van der Waals surface area (Å²) < 4.78 is 4.65. The van der Waals surface area contributed by atoms with Crippen molar-refractivity contribution >= 4 is 17.7 Å². The van der Waals surface area contributed by atoms with Crippen LogP contribution in [0.2, 0.25) is 0 Å². The molecule has 0 unspecified atom stereocenters. The monoisotopic (exact) mass is 261 g/mol. The molecular weight excluding hydrogens is 246 g/mol. The van der Waals surface area contributed by atoms with Crippen molar-refractivity contribution in [1.29, 1.82) is 5.26 Å². The second-order valence-electron chi connectivity index (χ2n) is 3.64. The van der Waals surface area contributed by atoms with Gasteiger partial charge < -0.3 is 15.4 Å². The van der Waals surface area contributed by atoms with Gasteiger partial charge in [-0.15, -0.1) is 0 Å². The number of nitrogens with zero attached hydrogens (tertiary/aromatic N) is 1. The molecule has 19 heavy (non-hydrogen) atoms.